The second kappa shape index (κ2) is 13.0. The molecule has 0 aliphatic rings. The molecule has 1 heteroatoms. The lowest BCUT2D eigenvalue weighted by Gasteiger charge is -2.10. The standard InChI is InChI=1S/C23H38O/c1-18(2)10-8-12-20(5)14-16-23(22(7)24)17-15-21(6)13-9-11-19(3)4/h10-11,14-15,23H,8-9,12-13,16-17H2,1-7H3/b20-14+,21-15+. The number of carbonyl (C=O) groups is 1. The zero-order valence-electron chi connectivity index (χ0n) is 17.0. The SMILES string of the molecule is CC(=O)C(C/C=C(\C)CCC=C(C)C)C/C=C(\C)CCC=C(C)C. The molecule has 0 amide bonds. The van der Waals surface area contributed by atoms with Gasteiger partial charge in [0, 0.05) is 5.92 Å². The van der Waals surface area contributed by atoms with Gasteiger partial charge in [-0.15, -0.1) is 0 Å². The van der Waals surface area contributed by atoms with Crippen molar-refractivity contribution in [1.29, 1.82) is 0 Å². The van der Waals surface area contributed by atoms with Crippen molar-refractivity contribution < 1.29 is 4.79 Å². The number of rotatable bonds is 11. The normalized spacial score (nSPS) is 12.3. The van der Waals surface area contributed by atoms with E-state index in [2.05, 4.69) is 65.8 Å². The zero-order chi connectivity index (χ0) is 18.5. The van der Waals surface area contributed by atoms with E-state index in [-0.39, 0.29) is 5.92 Å². The van der Waals surface area contributed by atoms with Crippen LogP contribution in [0.25, 0.3) is 0 Å². The molecule has 0 atom stereocenters. The van der Waals surface area contributed by atoms with Gasteiger partial charge in [0.2, 0.25) is 0 Å². The Morgan fingerprint density at radius 3 is 1.33 bits per heavy atom. The van der Waals surface area contributed by atoms with Crippen LogP contribution in [0.5, 0.6) is 0 Å². The molecule has 1 nitrogen and oxygen atoms in total. The van der Waals surface area contributed by atoms with Crippen LogP contribution in [-0.4, -0.2) is 5.78 Å². The molecular formula is C23H38O. The average Bonchev–Trinajstić information content (AvgIpc) is 2.45. The van der Waals surface area contributed by atoms with E-state index in [1.54, 1.807) is 6.92 Å². The van der Waals surface area contributed by atoms with Crippen molar-refractivity contribution in [3.63, 3.8) is 0 Å². The Morgan fingerprint density at radius 2 is 1.04 bits per heavy atom. The van der Waals surface area contributed by atoms with Gasteiger partial charge in [0.15, 0.2) is 0 Å². The van der Waals surface area contributed by atoms with Gasteiger partial charge >= 0.3 is 0 Å². The molecule has 0 aromatic heterocycles. The molecule has 0 bridgehead atoms. The van der Waals surface area contributed by atoms with Crippen molar-refractivity contribution in [3.05, 3.63) is 46.6 Å². The molecule has 24 heavy (non-hydrogen) atoms. The van der Waals surface area contributed by atoms with Crippen LogP contribution < -0.4 is 0 Å². The molecule has 0 fully saturated rings. The van der Waals surface area contributed by atoms with E-state index in [0.717, 1.165) is 38.5 Å². The highest BCUT2D eigenvalue weighted by atomic mass is 16.1. The summed E-state index contributed by atoms with van der Waals surface area (Å²) in [5.41, 5.74) is 5.53. The molecule has 0 spiro atoms. The van der Waals surface area contributed by atoms with Crippen LogP contribution in [0.15, 0.2) is 46.6 Å². The van der Waals surface area contributed by atoms with Gasteiger partial charge in [0.05, 0.1) is 0 Å². The van der Waals surface area contributed by atoms with Crippen molar-refractivity contribution in [1.82, 2.24) is 0 Å². The van der Waals surface area contributed by atoms with Crippen molar-refractivity contribution in [2.75, 3.05) is 0 Å². The molecule has 0 saturated carbocycles. The molecule has 0 rings (SSSR count). The van der Waals surface area contributed by atoms with Gasteiger partial charge in [-0.05, 0) is 87.0 Å². The number of ketones is 1. The number of hydrogen-bond acceptors (Lipinski definition) is 1. The quantitative estimate of drug-likeness (QED) is 0.362. The number of carbonyl (C=O) groups excluding carboxylic acids is 1. The Kier molecular flexibility index (Phi) is 12.2. The summed E-state index contributed by atoms with van der Waals surface area (Å²) in [6.07, 6.45) is 15.2. The van der Waals surface area contributed by atoms with Crippen molar-refractivity contribution >= 4 is 5.78 Å². The monoisotopic (exact) mass is 330 g/mol. The molecule has 0 heterocycles. The number of Topliss-reactive ketones (excluding diaryl/α,β-unsaturated/α-hetero) is 1. The molecule has 0 aromatic carbocycles. The van der Waals surface area contributed by atoms with Crippen LogP contribution in [0, 0.1) is 5.92 Å². The van der Waals surface area contributed by atoms with Crippen LogP contribution in [0.3, 0.4) is 0 Å². The average molecular weight is 331 g/mol. The Balaban J connectivity index is 4.47. The molecule has 0 aromatic rings. The molecule has 0 aliphatic heterocycles. The minimum absolute atomic E-state index is 0.127. The summed E-state index contributed by atoms with van der Waals surface area (Å²) >= 11 is 0. The maximum atomic E-state index is 11.9. The van der Waals surface area contributed by atoms with Crippen LogP contribution in [0.1, 0.15) is 87.0 Å². The molecular weight excluding hydrogens is 292 g/mol. The van der Waals surface area contributed by atoms with Gasteiger partial charge in [-0.3, -0.25) is 4.79 Å². The Morgan fingerprint density at radius 1 is 0.667 bits per heavy atom. The lowest BCUT2D eigenvalue weighted by molar-refractivity contribution is -0.120. The topological polar surface area (TPSA) is 17.1 Å². The first kappa shape index (κ1) is 22.6. The van der Waals surface area contributed by atoms with E-state index in [9.17, 15) is 4.79 Å². The number of allylic oxidation sites excluding steroid dienone is 8. The Hall–Kier alpha value is -1.37. The smallest absolute Gasteiger partial charge is 0.133 e. The summed E-state index contributed by atoms with van der Waals surface area (Å²) in [4.78, 5) is 11.9. The minimum atomic E-state index is 0.127. The first-order valence-corrected chi connectivity index (χ1v) is 9.30. The fourth-order valence-electron chi connectivity index (χ4n) is 2.50. The van der Waals surface area contributed by atoms with Crippen LogP contribution in [-0.2, 0) is 4.79 Å². The summed E-state index contributed by atoms with van der Waals surface area (Å²) in [5, 5.41) is 0. The lowest BCUT2D eigenvalue weighted by Crippen LogP contribution is -2.09. The Labute approximate surface area is 150 Å². The third-order valence-electron chi connectivity index (χ3n) is 4.26. The van der Waals surface area contributed by atoms with Crippen molar-refractivity contribution in [3.8, 4) is 0 Å². The fourth-order valence-corrected chi connectivity index (χ4v) is 2.50. The first-order valence-electron chi connectivity index (χ1n) is 9.30. The highest BCUT2D eigenvalue weighted by molar-refractivity contribution is 5.78. The van der Waals surface area contributed by atoms with Gasteiger partial charge in [-0.1, -0.05) is 46.6 Å². The largest absolute Gasteiger partial charge is 0.300 e. The highest BCUT2D eigenvalue weighted by Gasteiger charge is 2.11. The molecule has 0 radical (unpaired) electrons. The van der Waals surface area contributed by atoms with E-state index in [1.807, 2.05) is 0 Å². The van der Waals surface area contributed by atoms with E-state index in [0.29, 0.717) is 5.78 Å². The number of hydrogen-bond donors (Lipinski definition) is 0. The second-order valence-electron chi connectivity index (χ2n) is 7.52. The maximum Gasteiger partial charge on any atom is 0.133 e. The van der Waals surface area contributed by atoms with E-state index in [4.69, 9.17) is 0 Å². The Bertz CT molecular complexity index is 452. The van der Waals surface area contributed by atoms with E-state index in [1.165, 1.54) is 22.3 Å². The predicted octanol–water partition coefficient (Wildman–Crippen LogP) is 7.36. The summed E-state index contributed by atoms with van der Waals surface area (Å²) < 4.78 is 0. The first-order chi connectivity index (χ1) is 11.2. The lowest BCUT2D eigenvalue weighted by atomic mass is 9.94. The second-order valence-corrected chi connectivity index (χ2v) is 7.52. The third-order valence-corrected chi connectivity index (χ3v) is 4.26. The molecule has 0 N–H and O–H groups in total. The van der Waals surface area contributed by atoms with Crippen LogP contribution in [0.4, 0.5) is 0 Å². The highest BCUT2D eigenvalue weighted by Crippen LogP contribution is 2.18. The molecule has 0 aliphatic carbocycles. The van der Waals surface area contributed by atoms with Gasteiger partial charge < -0.3 is 0 Å². The zero-order valence-corrected chi connectivity index (χ0v) is 17.0. The van der Waals surface area contributed by atoms with Gasteiger partial charge in [-0.2, -0.15) is 0 Å². The minimum Gasteiger partial charge on any atom is -0.300 e. The van der Waals surface area contributed by atoms with Crippen molar-refractivity contribution in [2.45, 2.75) is 87.0 Å². The van der Waals surface area contributed by atoms with Crippen molar-refractivity contribution in [2.24, 2.45) is 5.92 Å². The van der Waals surface area contributed by atoms with Crippen LogP contribution in [0.2, 0.25) is 0 Å². The van der Waals surface area contributed by atoms with E-state index < -0.39 is 0 Å². The van der Waals surface area contributed by atoms with Crippen LogP contribution >= 0.6 is 0 Å². The molecule has 0 saturated heterocycles. The van der Waals surface area contributed by atoms with Gasteiger partial charge in [0.1, 0.15) is 5.78 Å². The summed E-state index contributed by atoms with van der Waals surface area (Å²) in [6, 6.07) is 0. The maximum absolute atomic E-state index is 11.9. The summed E-state index contributed by atoms with van der Waals surface area (Å²) in [6.45, 7) is 14.6. The molecule has 0 unspecified atom stereocenters. The fraction of sp³-hybridized carbons (Fsp3) is 0.609. The van der Waals surface area contributed by atoms with Gasteiger partial charge in [-0.25, -0.2) is 0 Å². The predicted molar refractivity (Wildman–Crippen MR) is 108 cm³/mol. The van der Waals surface area contributed by atoms with Gasteiger partial charge in [0.25, 0.3) is 0 Å². The van der Waals surface area contributed by atoms with E-state index >= 15 is 0 Å². The summed E-state index contributed by atoms with van der Waals surface area (Å²) in [5.74, 6) is 0.429. The molecule has 136 valence electrons. The third kappa shape index (κ3) is 13.1. The summed E-state index contributed by atoms with van der Waals surface area (Å²) in [7, 11) is 0.